The monoisotopic (exact) mass is 473 g/mol. The van der Waals surface area contributed by atoms with Crippen LogP contribution < -0.4 is 10.9 Å². The van der Waals surface area contributed by atoms with Gasteiger partial charge in [-0.2, -0.15) is 0 Å². The van der Waals surface area contributed by atoms with E-state index in [1.165, 1.54) is 12.1 Å². The van der Waals surface area contributed by atoms with E-state index in [1.807, 2.05) is 0 Å². The molecular formula is C27H23NO7. The molecule has 8 heteroatoms. The molecule has 0 fully saturated rings. The molecule has 0 atom stereocenters. The lowest BCUT2D eigenvalue weighted by molar-refractivity contribution is -0.163. The number of anilines is 1. The zero-order valence-corrected chi connectivity index (χ0v) is 18.9. The Morgan fingerprint density at radius 1 is 0.914 bits per heavy atom. The first-order valence-electron chi connectivity index (χ1n) is 10.9. The number of fused-ring (bicyclic) bond motifs is 1. The van der Waals surface area contributed by atoms with Crippen molar-refractivity contribution < 1.29 is 28.6 Å². The van der Waals surface area contributed by atoms with Gasteiger partial charge in [0.1, 0.15) is 12.2 Å². The van der Waals surface area contributed by atoms with Crippen LogP contribution in [-0.2, 0) is 26.5 Å². The predicted molar refractivity (Wildman–Crippen MR) is 129 cm³/mol. The van der Waals surface area contributed by atoms with Crippen LogP contribution >= 0.6 is 0 Å². The third kappa shape index (κ3) is 5.07. The summed E-state index contributed by atoms with van der Waals surface area (Å²) >= 11 is 0. The molecule has 1 amide bonds. The molecule has 0 spiro atoms. The maximum Gasteiger partial charge on any atom is 0.411 e. The Balaban J connectivity index is 1.63. The highest BCUT2D eigenvalue weighted by molar-refractivity contribution is 5.90. The van der Waals surface area contributed by atoms with Crippen LogP contribution in [0, 0.1) is 0 Å². The van der Waals surface area contributed by atoms with Crippen molar-refractivity contribution in [3.8, 4) is 0 Å². The second-order valence-electron chi connectivity index (χ2n) is 7.67. The number of hydrogen-bond donors (Lipinski definition) is 2. The van der Waals surface area contributed by atoms with E-state index in [0.29, 0.717) is 27.8 Å². The van der Waals surface area contributed by atoms with E-state index in [0.717, 1.165) is 0 Å². The summed E-state index contributed by atoms with van der Waals surface area (Å²) in [5.41, 5.74) is -1.05. The highest BCUT2D eigenvalue weighted by atomic mass is 16.6. The molecule has 0 aliphatic rings. The van der Waals surface area contributed by atoms with Gasteiger partial charge in [-0.1, -0.05) is 60.7 Å². The molecule has 35 heavy (non-hydrogen) atoms. The molecule has 8 nitrogen and oxygen atoms in total. The highest BCUT2D eigenvalue weighted by Crippen LogP contribution is 2.32. The van der Waals surface area contributed by atoms with E-state index in [2.05, 4.69) is 5.32 Å². The van der Waals surface area contributed by atoms with Gasteiger partial charge in [-0.25, -0.2) is 14.4 Å². The summed E-state index contributed by atoms with van der Waals surface area (Å²) in [7, 11) is 0. The molecule has 0 saturated heterocycles. The summed E-state index contributed by atoms with van der Waals surface area (Å²) in [5.74, 6) is -0.892. The zero-order valence-electron chi connectivity index (χ0n) is 18.9. The fourth-order valence-corrected chi connectivity index (χ4v) is 3.72. The Hall–Kier alpha value is -4.43. The Morgan fingerprint density at radius 3 is 2.14 bits per heavy atom. The Kier molecular flexibility index (Phi) is 6.93. The number of rotatable bonds is 7. The minimum absolute atomic E-state index is 0.194. The Bertz CT molecular complexity index is 1360. The van der Waals surface area contributed by atoms with Gasteiger partial charge in [0.25, 0.3) is 0 Å². The Morgan fingerprint density at radius 2 is 1.54 bits per heavy atom. The first kappa shape index (κ1) is 23.7. The first-order valence-corrected chi connectivity index (χ1v) is 10.9. The second kappa shape index (κ2) is 10.2. The quantitative estimate of drug-likeness (QED) is 0.303. The summed E-state index contributed by atoms with van der Waals surface area (Å²) in [6, 6.07) is 22.9. The van der Waals surface area contributed by atoms with Gasteiger partial charge in [-0.15, -0.1) is 0 Å². The van der Waals surface area contributed by atoms with Crippen molar-refractivity contribution in [2.45, 2.75) is 19.1 Å². The molecule has 0 unspecified atom stereocenters. The summed E-state index contributed by atoms with van der Waals surface area (Å²) < 4.78 is 15.6. The number of esters is 1. The molecule has 0 bridgehead atoms. The minimum atomic E-state index is -2.05. The van der Waals surface area contributed by atoms with E-state index >= 15 is 0 Å². The third-order valence-corrected chi connectivity index (χ3v) is 5.39. The zero-order chi connectivity index (χ0) is 24.8. The number of benzene rings is 3. The highest BCUT2D eigenvalue weighted by Gasteiger charge is 2.41. The molecule has 1 heterocycles. The van der Waals surface area contributed by atoms with E-state index in [1.54, 1.807) is 79.7 Å². The maximum absolute atomic E-state index is 13.3. The molecule has 1 aromatic heterocycles. The summed E-state index contributed by atoms with van der Waals surface area (Å²) in [4.78, 5) is 37.1. The summed E-state index contributed by atoms with van der Waals surface area (Å²) in [6.07, 6.45) is -0.639. The molecular weight excluding hydrogens is 450 g/mol. The second-order valence-corrected chi connectivity index (χ2v) is 7.67. The normalized spacial score (nSPS) is 11.1. The summed E-state index contributed by atoms with van der Waals surface area (Å²) in [6.45, 7) is 1.61. The fraction of sp³-hybridized carbons (Fsp3) is 0.148. The van der Waals surface area contributed by atoms with Gasteiger partial charge in [0.05, 0.1) is 6.61 Å². The fourth-order valence-electron chi connectivity index (χ4n) is 3.72. The average Bonchev–Trinajstić information content (AvgIpc) is 2.87. The van der Waals surface area contributed by atoms with Crippen LogP contribution in [0.3, 0.4) is 0 Å². The molecule has 0 saturated carbocycles. The van der Waals surface area contributed by atoms with Gasteiger partial charge >= 0.3 is 17.7 Å². The van der Waals surface area contributed by atoms with Crippen LogP contribution in [0.5, 0.6) is 0 Å². The molecule has 0 aliphatic carbocycles. The van der Waals surface area contributed by atoms with E-state index < -0.39 is 23.3 Å². The van der Waals surface area contributed by atoms with Crippen molar-refractivity contribution in [1.29, 1.82) is 0 Å². The van der Waals surface area contributed by atoms with Crippen molar-refractivity contribution >= 4 is 28.7 Å². The van der Waals surface area contributed by atoms with Crippen molar-refractivity contribution in [1.82, 2.24) is 0 Å². The molecule has 3 aromatic carbocycles. The van der Waals surface area contributed by atoms with Crippen molar-refractivity contribution in [2.24, 2.45) is 0 Å². The molecule has 4 rings (SSSR count). The Labute approximate surface area is 200 Å². The summed E-state index contributed by atoms with van der Waals surface area (Å²) in [5, 5.41) is 14.6. The van der Waals surface area contributed by atoms with Gasteiger partial charge in [0.15, 0.2) is 0 Å². The van der Waals surface area contributed by atoms with E-state index in [4.69, 9.17) is 13.9 Å². The number of nitrogens with one attached hydrogen (secondary N) is 1. The van der Waals surface area contributed by atoms with E-state index in [-0.39, 0.29) is 18.8 Å². The largest absolute Gasteiger partial charge is 0.458 e. The maximum atomic E-state index is 13.3. The van der Waals surface area contributed by atoms with Crippen LogP contribution in [0.2, 0.25) is 0 Å². The number of hydrogen-bond acceptors (Lipinski definition) is 7. The SMILES string of the molecule is CCOC(=O)Nc1ccc2c(COC(=O)C(O)(c3ccccc3)c3ccccc3)cc(=O)oc2c1. The number of carbonyl (C=O) groups is 2. The molecule has 2 N–H and O–H groups in total. The topological polar surface area (TPSA) is 115 Å². The van der Waals surface area contributed by atoms with Crippen LogP contribution in [-0.4, -0.2) is 23.8 Å². The average molecular weight is 473 g/mol. The van der Waals surface area contributed by atoms with Crippen molar-refractivity contribution in [3.05, 3.63) is 112 Å². The number of amides is 1. The van der Waals surface area contributed by atoms with Gasteiger partial charge in [0.2, 0.25) is 5.60 Å². The first-order chi connectivity index (χ1) is 16.9. The molecule has 178 valence electrons. The minimum Gasteiger partial charge on any atom is -0.458 e. The number of ether oxygens (including phenoxy) is 2. The standard InChI is InChI=1S/C27H23NO7/c1-2-33-26(31)28-21-13-14-22-18(15-24(29)35-23(22)16-21)17-34-25(30)27(32,19-9-5-3-6-10-19)20-11-7-4-8-12-20/h3-16,32H,2,17H2,1H3,(H,28,31). The van der Waals surface area contributed by atoms with Gasteiger partial charge in [0, 0.05) is 28.8 Å². The lowest BCUT2D eigenvalue weighted by Gasteiger charge is -2.27. The van der Waals surface area contributed by atoms with Crippen molar-refractivity contribution in [2.75, 3.05) is 11.9 Å². The third-order valence-electron chi connectivity index (χ3n) is 5.39. The lowest BCUT2D eigenvalue weighted by atomic mass is 9.86. The van der Waals surface area contributed by atoms with Crippen LogP contribution in [0.25, 0.3) is 11.0 Å². The van der Waals surface area contributed by atoms with Crippen LogP contribution in [0.15, 0.2) is 94.1 Å². The number of carbonyl (C=O) groups excluding carboxylic acids is 2. The van der Waals surface area contributed by atoms with Crippen LogP contribution in [0.1, 0.15) is 23.6 Å². The van der Waals surface area contributed by atoms with Crippen LogP contribution in [0.4, 0.5) is 10.5 Å². The van der Waals surface area contributed by atoms with Gasteiger partial charge in [-0.05, 0) is 30.2 Å². The number of aliphatic hydroxyl groups is 1. The van der Waals surface area contributed by atoms with E-state index in [9.17, 15) is 19.5 Å². The predicted octanol–water partition coefficient (Wildman–Crippen LogP) is 4.34. The smallest absolute Gasteiger partial charge is 0.411 e. The molecule has 0 radical (unpaired) electrons. The van der Waals surface area contributed by atoms with Crippen molar-refractivity contribution in [3.63, 3.8) is 0 Å². The lowest BCUT2D eigenvalue weighted by Crippen LogP contribution is -2.38. The van der Waals surface area contributed by atoms with Gasteiger partial charge in [-0.3, -0.25) is 5.32 Å². The van der Waals surface area contributed by atoms with Gasteiger partial charge < -0.3 is 19.0 Å². The molecule has 0 aliphatic heterocycles. The molecule has 4 aromatic rings.